The molecule has 4 nitrogen and oxygen atoms in total. The highest BCUT2D eigenvalue weighted by Crippen LogP contribution is 2.57. The van der Waals surface area contributed by atoms with Crippen LogP contribution in [0.3, 0.4) is 0 Å². The fourth-order valence-corrected chi connectivity index (χ4v) is 3.15. The van der Waals surface area contributed by atoms with Gasteiger partial charge in [-0.3, -0.25) is 0 Å². The number of carboxylic acids is 1. The molecule has 0 radical (unpaired) electrons. The van der Waals surface area contributed by atoms with Crippen LogP contribution in [0.15, 0.2) is 4.42 Å². The summed E-state index contributed by atoms with van der Waals surface area (Å²) in [4.78, 5) is 15.6. The summed E-state index contributed by atoms with van der Waals surface area (Å²) in [6.45, 7) is 4.12. The van der Waals surface area contributed by atoms with Gasteiger partial charge >= 0.3 is 5.97 Å². The molecule has 0 amide bonds. The van der Waals surface area contributed by atoms with Crippen molar-refractivity contribution in [2.45, 2.75) is 45.4 Å². The van der Waals surface area contributed by atoms with Crippen molar-refractivity contribution in [2.24, 2.45) is 17.8 Å². The van der Waals surface area contributed by atoms with Gasteiger partial charge in [-0.2, -0.15) is 0 Å². The van der Waals surface area contributed by atoms with Crippen LogP contribution in [0.4, 0.5) is 0 Å². The number of rotatable bonds is 4. The fourth-order valence-electron chi connectivity index (χ4n) is 3.15. The third-order valence-electron chi connectivity index (χ3n) is 4.10. The Balaban J connectivity index is 1.84. The molecule has 2 saturated carbocycles. The smallest absolute Gasteiger partial charge is 0.373 e. The Hall–Kier alpha value is -1.32. The molecule has 2 atom stereocenters. The van der Waals surface area contributed by atoms with Crippen molar-refractivity contribution in [3.63, 3.8) is 0 Å². The van der Waals surface area contributed by atoms with Crippen LogP contribution in [0.2, 0.25) is 0 Å². The lowest BCUT2D eigenvalue weighted by molar-refractivity contribution is 0.0657. The second kappa shape index (κ2) is 4.11. The predicted octanol–water partition coefficient (Wildman–Crippen LogP) is 3.08. The van der Waals surface area contributed by atoms with Gasteiger partial charge in [0.05, 0.1) is 5.69 Å². The Labute approximate surface area is 106 Å². The Morgan fingerprint density at radius 1 is 1.39 bits per heavy atom. The molecule has 2 fully saturated rings. The molecule has 1 aromatic rings. The molecule has 0 spiro atoms. The van der Waals surface area contributed by atoms with Crippen LogP contribution in [-0.2, 0) is 6.42 Å². The summed E-state index contributed by atoms with van der Waals surface area (Å²) in [6.07, 6.45) is 4.28. The molecule has 1 N–H and O–H groups in total. The molecule has 2 aliphatic rings. The van der Waals surface area contributed by atoms with E-state index in [1.165, 1.54) is 6.42 Å². The summed E-state index contributed by atoms with van der Waals surface area (Å²) in [6, 6.07) is 0. The van der Waals surface area contributed by atoms with Gasteiger partial charge < -0.3 is 9.52 Å². The molecule has 0 saturated heterocycles. The maximum absolute atomic E-state index is 11.2. The quantitative estimate of drug-likeness (QED) is 0.890. The maximum atomic E-state index is 11.2. The second-order valence-electron chi connectivity index (χ2n) is 6.16. The van der Waals surface area contributed by atoms with E-state index in [0.29, 0.717) is 29.8 Å². The van der Waals surface area contributed by atoms with Crippen LogP contribution in [0, 0.1) is 17.8 Å². The zero-order chi connectivity index (χ0) is 12.9. The first kappa shape index (κ1) is 11.8. The van der Waals surface area contributed by atoms with Crippen molar-refractivity contribution in [3.8, 4) is 0 Å². The first-order chi connectivity index (χ1) is 8.54. The van der Waals surface area contributed by atoms with Crippen LogP contribution >= 0.6 is 0 Å². The Bertz CT molecular complexity index is 467. The number of hydrogen-bond acceptors (Lipinski definition) is 3. The maximum Gasteiger partial charge on any atom is 0.373 e. The number of nitrogens with zero attached hydrogens (tertiary/aromatic N) is 1. The first-order valence-corrected chi connectivity index (χ1v) is 6.77. The minimum absolute atomic E-state index is 0.0549. The SMILES string of the molecule is CC(C)Cc1nc(C2CC3CC3C2)oc1C(=O)O. The van der Waals surface area contributed by atoms with E-state index >= 15 is 0 Å². The molecule has 4 heteroatoms. The van der Waals surface area contributed by atoms with Gasteiger partial charge in [0, 0.05) is 5.92 Å². The van der Waals surface area contributed by atoms with Crippen molar-refractivity contribution in [1.29, 1.82) is 0 Å². The lowest BCUT2D eigenvalue weighted by Crippen LogP contribution is -2.03. The Kier molecular flexibility index (Phi) is 2.68. The molecule has 3 rings (SSSR count). The van der Waals surface area contributed by atoms with Crippen LogP contribution < -0.4 is 0 Å². The number of aromatic carboxylic acids is 1. The van der Waals surface area contributed by atoms with Gasteiger partial charge in [-0.15, -0.1) is 0 Å². The fraction of sp³-hybridized carbons (Fsp3) is 0.714. The van der Waals surface area contributed by atoms with Crippen LogP contribution in [0.1, 0.15) is 61.2 Å². The van der Waals surface area contributed by atoms with E-state index in [2.05, 4.69) is 18.8 Å². The van der Waals surface area contributed by atoms with Crippen molar-refractivity contribution < 1.29 is 14.3 Å². The molecule has 98 valence electrons. The van der Waals surface area contributed by atoms with Crippen LogP contribution in [0.5, 0.6) is 0 Å². The minimum Gasteiger partial charge on any atom is -0.475 e. The summed E-state index contributed by atoms with van der Waals surface area (Å²) in [7, 11) is 0. The van der Waals surface area contributed by atoms with E-state index in [0.717, 1.165) is 24.7 Å². The molecular formula is C14H19NO3. The summed E-state index contributed by atoms with van der Waals surface area (Å²) < 4.78 is 5.52. The molecule has 2 unspecified atom stereocenters. The first-order valence-electron chi connectivity index (χ1n) is 6.77. The molecule has 0 bridgehead atoms. The van der Waals surface area contributed by atoms with Gasteiger partial charge in [-0.1, -0.05) is 13.8 Å². The van der Waals surface area contributed by atoms with Crippen molar-refractivity contribution in [3.05, 3.63) is 17.3 Å². The molecule has 18 heavy (non-hydrogen) atoms. The number of aromatic nitrogens is 1. The predicted molar refractivity (Wildman–Crippen MR) is 65.6 cm³/mol. The average molecular weight is 249 g/mol. The van der Waals surface area contributed by atoms with Gasteiger partial charge in [0.25, 0.3) is 0 Å². The molecule has 0 aliphatic heterocycles. The van der Waals surface area contributed by atoms with Gasteiger partial charge in [0.2, 0.25) is 5.76 Å². The van der Waals surface area contributed by atoms with Crippen LogP contribution in [0.25, 0.3) is 0 Å². The van der Waals surface area contributed by atoms with Crippen molar-refractivity contribution in [2.75, 3.05) is 0 Å². The number of carboxylic acid groups (broad SMARTS) is 1. The van der Waals surface area contributed by atoms with E-state index in [-0.39, 0.29) is 5.76 Å². The monoisotopic (exact) mass is 249 g/mol. The van der Waals surface area contributed by atoms with Gasteiger partial charge in [0.1, 0.15) is 0 Å². The molecule has 1 aromatic heterocycles. The van der Waals surface area contributed by atoms with Gasteiger partial charge in [-0.25, -0.2) is 9.78 Å². The van der Waals surface area contributed by atoms with Crippen molar-refractivity contribution in [1.82, 2.24) is 4.98 Å². The summed E-state index contributed by atoms with van der Waals surface area (Å²) >= 11 is 0. The number of carbonyl (C=O) groups is 1. The summed E-state index contributed by atoms with van der Waals surface area (Å²) in [5.74, 6) is 2.17. The highest BCUT2D eigenvalue weighted by atomic mass is 16.4. The Morgan fingerprint density at radius 2 is 2.06 bits per heavy atom. The van der Waals surface area contributed by atoms with Crippen LogP contribution in [-0.4, -0.2) is 16.1 Å². The topological polar surface area (TPSA) is 63.3 Å². The molecule has 2 aliphatic carbocycles. The highest BCUT2D eigenvalue weighted by Gasteiger charge is 2.47. The zero-order valence-corrected chi connectivity index (χ0v) is 10.8. The number of oxazole rings is 1. The van der Waals surface area contributed by atoms with Crippen molar-refractivity contribution >= 4 is 5.97 Å². The Morgan fingerprint density at radius 3 is 2.61 bits per heavy atom. The summed E-state index contributed by atoms with van der Waals surface area (Å²) in [5, 5.41) is 9.16. The normalized spacial score (nSPS) is 29.6. The van der Waals surface area contributed by atoms with E-state index in [4.69, 9.17) is 9.52 Å². The van der Waals surface area contributed by atoms with E-state index in [9.17, 15) is 4.79 Å². The number of fused-ring (bicyclic) bond motifs is 1. The van der Waals surface area contributed by atoms with E-state index < -0.39 is 5.97 Å². The van der Waals surface area contributed by atoms with E-state index in [1.54, 1.807) is 0 Å². The minimum atomic E-state index is -0.993. The molecule has 1 heterocycles. The van der Waals surface area contributed by atoms with Gasteiger partial charge in [-0.05, 0) is 43.4 Å². The third kappa shape index (κ3) is 2.04. The third-order valence-corrected chi connectivity index (χ3v) is 4.10. The summed E-state index contributed by atoms with van der Waals surface area (Å²) in [5.41, 5.74) is 0.619. The molecule has 0 aromatic carbocycles. The largest absolute Gasteiger partial charge is 0.475 e. The molecular weight excluding hydrogens is 230 g/mol. The zero-order valence-electron chi connectivity index (χ0n) is 10.8. The highest BCUT2D eigenvalue weighted by molar-refractivity contribution is 5.85. The lowest BCUT2D eigenvalue weighted by Gasteiger charge is -2.05. The lowest BCUT2D eigenvalue weighted by atomic mass is 10.0. The standard InChI is InChI=1S/C14H19NO3/c1-7(2)3-11-12(14(16)17)18-13(15-11)10-5-8-4-9(8)6-10/h7-10H,3-6H2,1-2H3,(H,16,17). The van der Waals surface area contributed by atoms with Gasteiger partial charge in [0.15, 0.2) is 5.89 Å². The van der Waals surface area contributed by atoms with E-state index in [1.807, 2.05) is 0 Å². The second-order valence-corrected chi connectivity index (χ2v) is 6.16. The number of hydrogen-bond donors (Lipinski definition) is 1. The average Bonchev–Trinajstić information content (AvgIpc) is 2.75.